The first-order valence-electron chi connectivity index (χ1n) is 4.49. The summed E-state index contributed by atoms with van der Waals surface area (Å²) in [6.07, 6.45) is 0. The van der Waals surface area contributed by atoms with E-state index in [-0.39, 0.29) is 5.56 Å². The molecule has 0 aromatic heterocycles. The van der Waals surface area contributed by atoms with Gasteiger partial charge in [0, 0.05) is 9.13 Å². The smallest absolute Gasteiger partial charge is 0.166 e. The third-order valence-corrected chi connectivity index (χ3v) is 3.06. The lowest BCUT2D eigenvalue weighted by atomic mass is 10.1. The van der Waals surface area contributed by atoms with Crippen LogP contribution in [-0.4, -0.2) is 0 Å². The monoisotopic (exact) mass is 334 g/mol. The van der Waals surface area contributed by atoms with Crippen LogP contribution in [0.1, 0.15) is 0 Å². The first kappa shape index (κ1) is 11.4. The molecule has 2 aromatic rings. The van der Waals surface area contributed by atoms with Gasteiger partial charge in [0.05, 0.1) is 0 Å². The fourth-order valence-electron chi connectivity index (χ4n) is 1.39. The van der Waals surface area contributed by atoms with E-state index in [0.717, 1.165) is 6.07 Å². The number of rotatable bonds is 1. The molecule has 0 saturated carbocycles. The van der Waals surface area contributed by atoms with Crippen LogP contribution < -0.4 is 0 Å². The lowest BCUT2D eigenvalue weighted by Gasteiger charge is -2.05. The molecule has 0 fully saturated rings. The van der Waals surface area contributed by atoms with Crippen molar-refractivity contribution in [3.8, 4) is 11.1 Å². The summed E-state index contributed by atoms with van der Waals surface area (Å²) < 4.78 is 40.1. The van der Waals surface area contributed by atoms with Gasteiger partial charge < -0.3 is 0 Å². The van der Waals surface area contributed by atoms with Crippen LogP contribution in [0, 0.1) is 21.0 Å². The molecule has 2 rings (SSSR count). The van der Waals surface area contributed by atoms with Crippen LogP contribution in [0.15, 0.2) is 36.4 Å². The molecule has 0 aliphatic carbocycles. The highest BCUT2D eigenvalue weighted by molar-refractivity contribution is 14.1. The van der Waals surface area contributed by atoms with Crippen molar-refractivity contribution in [1.82, 2.24) is 0 Å². The first-order chi connectivity index (χ1) is 7.59. The molecular weight excluding hydrogens is 328 g/mol. The molecule has 0 atom stereocenters. The normalized spacial score (nSPS) is 10.5. The summed E-state index contributed by atoms with van der Waals surface area (Å²) in [5.74, 6) is -2.33. The second-order valence-corrected chi connectivity index (χ2v) is 4.39. The predicted octanol–water partition coefficient (Wildman–Crippen LogP) is 4.38. The molecule has 0 unspecified atom stereocenters. The molecule has 16 heavy (non-hydrogen) atoms. The summed E-state index contributed by atoms with van der Waals surface area (Å²) in [6, 6.07) is 8.11. The predicted molar refractivity (Wildman–Crippen MR) is 64.5 cm³/mol. The molecule has 0 heterocycles. The van der Waals surface area contributed by atoms with Crippen LogP contribution in [-0.2, 0) is 0 Å². The Kier molecular flexibility index (Phi) is 3.18. The lowest BCUT2D eigenvalue weighted by molar-refractivity contribution is 0.511. The Hall–Kier alpha value is -1.04. The zero-order valence-corrected chi connectivity index (χ0v) is 10.1. The van der Waals surface area contributed by atoms with Crippen molar-refractivity contribution in [3.05, 3.63) is 57.4 Å². The molecule has 0 aliphatic heterocycles. The van der Waals surface area contributed by atoms with E-state index in [1.54, 1.807) is 6.07 Å². The van der Waals surface area contributed by atoms with Gasteiger partial charge in [0.15, 0.2) is 11.6 Å². The molecule has 4 heteroatoms. The number of benzene rings is 2. The maximum atomic E-state index is 13.4. The minimum absolute atomic E-state index is 0.0651. The van der Waals surface area contributed by atoms with Gasteiger partial charge in [0.25, 0.3) is 0 Å². The molecule has 0 aliphatic rings. The second-order valence-electron chi connectivity index (χ2n) is 3.23. The number of halogens is 4. The quantitative estimate of drug-likeness (QED) is 0.679. The lowest BCUT2D eigenvalue weighted by Crippen LogP contribution is -1.90. The van der Waals surface area contributed by atoms with Crippen molar-refractivity contribution in [1.29, 1.82) is 0 Å². The van der Waals surface area contributed by atoms with Gasteiger partial charge in [-0.25, -0.2) is 13.2 Å². The molecule has 2 aromatic carbocycles. The molecule has 0 spiro atoms. The van der Waals surface area contributed by atoms with Gasteiger partial charge in [-0.15, -0.1) is 0 Å². The van der Waals surface area contributed by atoms with Gasteiger partial charge in [-0.1, -0.05) is 18.2 Å². The molecule has 0 nitrogen and oxygen atoms in total. The van der Waals surface area contributed by atoms with Gasteiger partial charge in [-0.2, -0.15) is 0 Å². The third-order valence-electron chi connectivity index (χ3n) is 2.18. The van der Waals surface area contributed by atoms with E-state index < -0.39 is 17.5 Å². The van der Waals surface area contributed by atoms with E-state index in [1.807, 2.05) is 22.6 Å². The highest BCUT2D eigenvalue weighted by Gasteiger charge is 2.10. The summed E-state index contributed by atoms with van der Waals surface area (Å²) >= 11 is 1.83. The van der Waals surface area contributed by atoms with Crippen molar-refractivity contribution in [2.75, 3.05) is 0 Å². The fourth-order valence-corrected chi connectivity index (χ4v) is 1.73. The SMILES string of the molecule is Fc1cc(-c2cccc(F)c2F)ccc1I. The molecule has 0 radical (unpaired) electrons. The number of hydrogen-bond acceptors (Lipinski definition) is 0. The average Bonchev–Trinajstić information content (AvgIpc) is 2.26. The Bertz CT molecular complexity index is 538. The van der Waals surface area contributed by atoms with Gasteiger partial charge in [-0.3, -0.25) is 0 Å². The van der Waals surface area contributed by atoms with E-state index in [9.17, 15) is 13.2 Å². The van der Waals surface area contributed by atoms with Crippen molar-refractivity contribution >= 4 is 22.6 Å². The highest BCUT2D eigenvalue weighted by atomic mass is 127. The Morgan fingerprint density at radius 2 is 1.62 bits per heavy atom. The first-order valence-corrected chi connectivity index (χ1v) is 5.57. The summed E-state index contributed by atoms with van der Waals surface area (Å²) in [5.41, 5.74) is 0.394. The van der Waals surface area contributed by atoms with Crippen LogP contribution >= 0.6 is 22.6 Å². The van der Waals surface area contributed by atoms with Gasteiger partial charge in [-0.05, 0) is 46.4 Å². The summed E-state index contributed by atoms with van der Waals surface area (Å²) in [5, 5.41) is 0. The Labute approximate surface area is 104 Å². The fraction of sp³-hybridized carbons (Fsp3) is 0. The molecule has 0 saturated heterocycles. The summed E-state index contributed by atoms with van der Waals surface area (Å²) in [4.78, 5) is 0. The van der Waals surface area contributed by atoms with Crippen LogP contribution in [0.2, 0.25) is 0 Å². The maximum Gasteiger partial charge on any atom is 0.166 e. The maximum absolute atomic E-state index is 13.4. The van der Waals surface area contributed by atoms with Crippen LogP contribution in [0.5, 0.6) is 0 Å². The minimum atomic E-state index is -0.955. The van der Waals surface area contributed by atoms with Crippen molar-refractivity contribution in [3.63, 3.8) is 0 Å². The molecule has 82 valence electrons. The highest BCUT2D eigenvalue weighted by Crippen LogP contribution is 2.26. The minimum Gasteiger partial charge on any atom is -0.206 e. The van der Waals surface area contributed by atoms with E-state index in [4.69, 9.17) is 0 Å². The molecule has 0 bridgehead atoms. The number of hydrogen-bond donors (Lipinski definition) is 0. The Morgan fingerprint density at radius 3 is 2.31 bits per heavy atom. The van der Waals surface area contributed by atoms with Gasteiger partial charge in [0.2, 0.25) is 0 Å². The third kappa shape index (κ3) is 2.07. The largest absolute Gasteiger partial charge is 0.206 e. The standard InChI is InChI=1S/C12H6F3I/c13-9-3-1-2-8(12(9)15)7-4-5-11(16)10(14)6-7/h1-6H. The van der Waals surface area contributed by atoms with Gasteiger partial charge in [0.1, 0.15) is 5.82 Å². The Morgan fingerprint density at radius 1 is 0.875 bits per heavy atom. The van der Waals surface area contributed by atoms with E-state index in [2.05, 4.69) is 0 Å². The zero-order valence-electron chi connectivity index (χ0n) is 7.98. The van der Waals surface area contributed by atoms with Crippen molar-refractivity contribution in [2.24, 2.45) is 0 Å². The van der Waals surface area contributed by atoms with Gasteiger partial charge >= 0.3 is 0 Å². The zero-order chi connectivity index (χ0) is 11.7. The van der Waals surface area contributed by atoms with Crippen LogP contribution in [0.4, 0.5) is 13.2 Å². The van der Waals surface area contributed by atoms with E-state index in [1.165, 1.54) is 24.3 Å². The molecule has 0 N–H and O–H groups in total. The second kappa shape index (κ2) is 4.45. The van der Waals surface area contributed by atoms with E-state index >= 15 is 0 Å². The Balaban J connectivity index is 2.59. The summed E-state index contributed by atoms with van der Waals surface area (Å²) in [7, 11) is 0. The molecular formula is C12H6F3I. The van der Waals surface area contributed by atoms with E-state index in [0.29, 0.717) is 9.13 Å². The molecule has 0 amide bonds. The van der Waals surface area contributed by atoms with Crippen molar-refractivity contribution in [2.45, 2.75) is 0 Å². The van der Waals surface area contributed by atoms with Crippen LogP contribution in [0.3, 0.4) is 0 Å². The topological polar surface area (TPSA) is 0 Å². The average molecular weight is 334 g/mol. The van der Waals surface area contributed by atoms with Crippen molar-refractivity contribution < 1.29 is 13.2 Å². The van der Waals surface area contributed by atoms with Crippen LogP contribution in [0.25, 0.3) is 11.1 Å². The summed E-state index contributed by atoms with van der Waals surface area (Å²) in [6.45, 7) is 0.